The average Bonchev–Trinajstić information content (AvgIpc) is 3.50. The normalized spacial score (nSPS) is 25.5. The first kappa shape index (κ1) is 20.5. The maximum absolute atomic E-state index is 12.6. The molecule has 0 unspecified atom stereocenters. The number of nitro benzene ring substituents is 1. The van der Waals surface area contributed by atoms with Gasteiger partial charge in [-0.15, -0.1) is 0 Å². The van der Waals surface area contributed by atoms with Gasteiger partial charge in [-0.2, -0.15) is 0 Å². The van der Waals surface area contributed by atoms with Crippen LogP contribution in [0.4, 0.5) is 5.69 Å². The van der Waals surface area contributed by atoms with Crippen molar-refractivity contribution in [1.29, 1.82) is 0 Å². The summed E-state index contributed by atoms with van der Waals surface area (Å²) in [6, 6.07) is 16.0. The van der Waals surface area contributed by atoms with Crippen LogP contribution in [0.1, 0.15) is 30.4 Å². The van der Waals surface area contributed by atoms with E-state index in [2.05, 4.69) is 4.90 Å². The van der Waals surface area contributed by atoms with Crippen molar-refractivity contribution in [3.05, 3.63) is 75.8 Å². The summed E-state index contributed by atoms with van der Waals surface area (Å²) in [5.41, 5.74) is 0.178. The molecule has 7 heteroatoms. The van der Waals surface area contributed by atoms with Crippen LogP contribution in [-0.4, -0.2) is 47.6 Å². The number of nitro groups is 1. The Morgan fingerprint density at radius 1 is 1.13 bits per heavy atom. The van der Waals surface area contributed by atoms with Gasteiger partial charge in [0.15, 0.2) is 0 Å². The number of hydrogen-bond acceptors (Lipinski definition) is 6. The lowest BCUT2D eigenvalue weighted by molar-refractivity contribution is -0.384. The molecule has 1 N–H and O–H groups in total. The Hall–Kier alpha value is -2.77. The van der Waals surface area contributed by atoms with Crippen LogP contribution in [0.2, 0.25) is 0 Å². The molecule has 0 amide bonds. The Labute approximate surface area is 175 Å². The summed E-state index contributed by atoms with van der Waals surface area (Å²) in [7, 11) is 1.38. The number of nitrogens with zero attached hydrogens (tertiary/aromatic N) is 2. The van der Waals surface area contributed by atoms with Crippen LogP contribution in [0, 0.1) is 16.0 Å². The first-order valence-electron chi connectivity index (χ1n) is 10.2. The standard InChI is InChI=1S/C23H26N2O5/c1-30-21(26)23(18-7-9-20(10-8-18)25(28)29)15-19(23)16-24-13-11-22(27,12-14-24)17-5-3-2-4-6-17/h2-10,19,27H,11-16H2,1H3/t19-,23+/m1/s1. The van der Waals surface area contributed by atoms with E-state index in [1.54, 1.807) is 12.1 Å². The number of rotatable bonds is 6. The number of carbonyl (C=O) groups excluding carboxylic acids is 1. The van der Waals surface area contributed by atoms with Gasteiger partial charge in [0.25, 0.3) is 5.69 Å². The molecule has 1 aliphatic carbocycles. The Morgan fingerprint density at radius 3 is 2.33 bits per heavy atom. The van der Waals surface area contributed by atoms with E-state index in [1.807, 2.05) is 30.3 Å². The highest BCUT2D eigenvalue weighted by Crippen LogP contribution is 2.56. The third-order valence-corrected chi connectivity index (χ3v) is 6.72. The van der Waals surface area contributed by atoms with Gasteiger partial charge in [-0.1, -0.05) is 42.5 Å². The van der Waals surface area contributed by atoms with Crippen LogP contribution in [0.25, 0.3) is 0 Å². The zero-order valence-electron chi connectivity index (χ0n) is 17.0. The predicted molar refractivity (Wildman–Crippen MR) is 111 cm³/mol. The number of carbonyl (C=O) groups is 1. The lowest BCUT2D eigenvalue weighted by Gasteiger charge is -2.39. The van der Waals surface area contributed by atoms with Crippen molar-refractivity contribution in [2.45, 2.75) is 30.3 Å². The summed E-state index contributed by atoms with van der Waals surface area (Å²) in [6.45, 7) is 2.23. The molecule has 1 saturated carbocycles. The molecule has 1 aliphatic heterocycles. The molecular weight excluding hydrogens is 384 g/mol. The molecule has 2 aromatic carbocycles. The van der Waals surface area contributed by atoms with Crippen LogP contribution in [-0.2, 0) is 20.5 Å². The lowest BCUT2D eigenvalue weighted by atomic mass is 9.84. The second-order valence-electron chi connectivity index (χ2n) is 8.37. The van der Waals surface area contributed by atoms with Crippen LogP contribution in [0.5, 0.6) is 0 Å². The number of non-ortho nitro benzene ring substituents is 1. The summed E-state index contributed by atoms with van der Waals surface area (Å²) in [4.78, 5) is 25.4. The number of piperidine rings is 1. The van der Waals surface area contributed by atoms with Gasteiger partial charge in [-0.25, -0.2) is 0 Å². The maximum atomic E-state index is 12.6. The predicted octanol–water partition coefficient (Wildman–Crippen LogP) is 3.01. The molecule has 1 heterocycles. The molecule has 0 aromatic heterocycles. The highest BCUT2D eigenvalue weighted by molar-refractivity contribution is 5.87. The van der Waals surface area contributed by atoms with Gasteiger partial charge in [0, 0.05) is 31.8 Å². The average molecular weight is 410 g/mol. The molecule has 0 radical (unpaired) electrons. The molecular formula is C23H26N2O5. The summed E-state index contributed by atoms with van der Waals surface area (Å²) in [5, 5.41) is 22.0. The first-order chi connectivity index (χ1) is 14.4. The molecule has 2 fully saturated rings. The molecule has 30 heavy (non-hydrogen) atoms. The van der Waals surface area contributed by atoms with Crippen molar-refractivity contribution in [3.8, 4) is 0 Å². The van der Waals surface area contributed by atoms with Crippen LogP contribution >= 0.6 is 0 Å². The second-order valence-corrected chi connectivity index (χ2v) is 8.37. The van der Waals surface area contributed by atoms with E-state index in [1.165, 1.54) is 19.2 Å². The highest BCUT2D eigenvalue weighted by atomic mass is 16.6. The second kappa shape index (κ2) is 7.81. The van der Waals surface area contributed by atoms with Crippen molar-refractivity contribution >= 4 is 11.7 Å². The number of ether oxygens (including phenoxy) is 1. The monoisotopic (exact) mass is 410 g/mol. The fraction of sp³-hybridized carbons (Fsp3) is 0.435. The topological polar surface area (TPSA) is 92.9 Å². The van der Waals surface area contributed by atoms with Gasteiger partial charge in [0.05, 0.1) is 23.0 Å². The van der Waals surface area contributed by atoms with Gasteiger partial charge in [0.1, 0.15) is 0 Å². The number of likely N-dealkylation sites (tertiary alicyclic amines) is 1. The van der Waals surface area contributed by atoms with Gasteiger partial charge >= 0.3 is 5.97 Å². The first-order valence-corrected chi connectivity index (χ1v) is 10.2. The van der Waals surface area contributed by atoms with Crippen LogP contribution < -0.4 is 0 Å². The minimum Gasteiger partial charge on any atom is -0.468 e. The zero-order valence-corrected chi connectivity index (χ0v) is 17.0. The van der Waals surface area contributed by atoms with E-state index in [0.29, 0.717) is 19.3 Å². The van der Waals surface area contributed by atoms with E-state index in [4.69, 9.17) is 4.74 Å². The fourth-order valence-corrected chi connectivity index (χ4v) is 4.79. The third-order valence-electron chi connectivity index (χ3n) is 6.72. The van der Waals surface area contributed by atoms with Gasteiger partial charge in [-0.3, -0.25) is 14.9 Å². The number of methoxy groups -OCH3 is 1. The molecule has 0 bridgehead atoms. The van der Waals surface area contributed by atoms with E-state index in [9.17, 15) is 20.0 Å². The van der Waals surface area contributed by atoms with Crippen LogP contribution in [0.15, 0.2) is 54.6 Å². The molecule has 158 valence electrons. The summed E-state index contributed by atoms with van der Waals surface area (Å²) in [5.74, 6) is -0.200. The minimum atomic E-state index is -0.806. The molecule has 4 rings (SSSR count). The number of aliphatic hydroxyl groups is 1. The Bertz CT molecular complexity index is 922. The summed E-state index contributed by atoms with van der Waals surface area (Å²) < 4.78 is 5.09. The van der Waals surface area contributed by atoms with Gasteiger partial charge < -0.3 is 14.7 Å². The Kier molecular flexibility index (Phi) is 5.34. The van der Waals surface area contributed by atoms with Gasteiger partial charge in [0.2, 0.25) is 0 Å². The Balaban J connectivity index is 1.44. The molecule has 0 spiro atoms. The van der Waals surface area contributed by atoms with Crippen molar-refractivity contribution < 1.29 is 19.6 Å². The zero-order chi connectivity index (χ0) is 21.4. The molecule has 1 saturated heterocycles. The van der Waals surface area contributed by atoms with Crippen molar-refractivity contribution in [1.82, 2.24) is 4.90 Å². The summed E-state index contributed by atoms with van der Waals surface area (Å²) in [6.07, 6.45) is 1.95. The highest BCUT2D eigenvalue weighted by Gasteiger charge is 2.62. The Morgan fingerprint density at radius 2 is 1.77 bits per heavy atom. The van der Waals surface area contributed by atoms with E-state index in [-0.39, 0.29) is 17.6 Å². The van der Waals surface area contributed by atoms with Crippen molar-refractivity contribution in [3.63, 3.8) is 0 Å². The lowest BCUT2D eigenvalue weighted by Crippen LogP contribution is -2.44. The largest absolute Gasteiger partial charge is 0.468 e. The third kappa shape index (κ3) is 3.59. The molecule has 2 aromatic rings. The minimum absolute atomic E-state index is 0.00666. The van der Waals surface area contributed by atoms with Crippen LogP contribution in [0.3, 0.4) is 0 Å². The molecule has 7 nitrogen and oxygen atoms in total. The van der Waals surface area contributed by atoms with Crippen molar-refractivity contribution in [2.24, 2.45) is 5.92 Å². The number of esters is 1. The van der Waals surface area contributed by atoms with Gasteiger partial charge in [-0.05, 0) is 36.3 Å². The SMILES string of the molecule is COC(=O)[C@]1(c2ccc([N+](=O)[O-])cc2)C[C@@H]1CN1CCC(O)(c2ccccc2)CC1. The smallest absolute Gasteiger partial charge is 0.316 e. The number of hydrogen-bond donors (Lipinski definition) is 1. The van der Waals surface area contributed by atoms with E-state index in [0.717, 1.165) is 30.8 Å². The maximum Gasteiger partial charge on any atom is 0.316 e. The van der Waals surface area contributed by atoms with Crippen molar-refractivity contribution in [2.75, 3.05) is 26.7 Å². The fourth-order valence-electron chi connectivity index (χ4n) is 4.79. The van der Waals surface area contributed by atoms with E-state index >= 15 is 0 Å². The summed E-state index contributed by atoms with van der Waals surface area (Å²) >= 11 is 0. The van der Waals surface area contributed by atoms with E-state index < -0.39 is 15.9 Å². The molecule has 2 aliphatic rings. The number of benzene rings is 2. The quantitative estimate of drug-likeness (QED) is 0.447. The molecule has 2 atom stereocenters.